The maximum atomic E-state index is 12.3. The lowest BCUT2D eigenvalue weighted by Gasteiger charge is -2.24. The van der Waals surface area contributed by atoms with E-state index in [9.17, 15) is 14.7 Å². The predicted molar refractivity (Wildman–Crippen MR) is 108 cm³/mol. The fraction of sp³-hybridized carbons (Fsp3) is 0.476. The Kier molecular flexibility index (Phi) is 6.72. The minimum absolute atomic E-state index is 0.0664. The molecule has 0 bridgehead atoms. The molecule has 2 aromatic rings. The molecule has 1 fully saturated rings. The van der Waals surface area contributed by atoms with Gasteiger partial charge in [-0.25, -0.2) is 4.98 Å². The van der Waals surface area contributed by atoms with Gasteiger partial charge in [-0.3, -0.25) is 9.59 Å². The van der Waals surface area contributed by atoms with E-state index in [2.05, 4.69) is 16.9 Å². The standard InChI is InChI=1S/C21H26N2O3S/c1-14(11-15-5-3-2-4-6-15)18-12-20(26)23-21(22-18)27-13-19(25)16-7-9-17(24)10-8-16/h7-10,12,14-15,24H,2-6,11,13H2,1H3,(H,22,23,26). The lowest BCUT2D eigenvalue weighted by Crippen LogP contribution is -2.15. The molecule has 0 aliphatic heterocycles. The van der Waals surface area contributed by atoms with Crippen LogP contribution in [-0.2, 0) is 0 Å². The number of ketones is 1. The number of H-pyrrole nitrogens is 1. The van der Waals surface area contributed by atoms with Crippen LogP contribution in [0.1, 0.15) is 67.4 Å². The summed E-state index contributed by atoms with van der Waals surface area (Å²) < 4.78 is 0. The molecule has 27 heavy (non-hydrogen) atoms. The molecule has 1 atom stereocenters. The van der Waals surface area contributed by atoms with Crippen molar-refractivity contribution in [1.29, 1.82) is 0 Å². The molecular formula is C21H26N2O3S. The molecule has 0 amide bonds. The number of nitrogens with zero attached hydrogens (tertiary/aromatic N) is 1. The summed E-state index contributed by atoms with van der Waals surface area (Å²) in [6.45, 7) is 2.13. The van der Waals surface area contributed by atoms with Crippen LogP contribution in [0.25, 0.3) is 0 Å². The van der Waals surface area contributed by atoms with Gasteiger partial charge < -0.3 is 10.1 Å². The van der Waals surface area contributed by atoms with Gasteiger partial charge in [0.1, 0.15) is 5.75 Å². The first-order valence-corrected chi connectivity index (χ1v) is 10.6. The Balaban J connectivity index is 1.63. The number of Topliss-reactive ketones (excluding diaryl/α,β-unsaturated/α-hetero) is 1. The van der Waals surface area contributed by atoms with Crippen molar-refractivity contribution in [3.8, 4) is 5.75 Å². The van der Waals surface area contributed by atoms with Crippen molar-refractivity contribution in [2.75, 3.05) is 5.75 Å². The van der Waals surface area contributed by atoms with E-state index < -0.39 is 0 Å². The van der Waals surface area contributed by atoms with Crippen LogP contribution >= 0.6 is 11.8 Å². The van der Waals surface area contributed by atoms with Crippen LogP contribution in [0.5, 0.6) is 5.75 Å². The number of thioether (sulfide) groups is 1. The zero-order valence-corrected chi connectivity index (χ0v) is 16.4. The lowest BCUT2D eigenvalue weighted by molar-refractivity contribution is 0.102. The number of rotatable bonds is 7. The normalized spacial score (nSPS) is 16.2. The van der Waals surface area contributed by atoms with E-state index in [0.29, 0.717) is 10.7 Å². The van der Waals surface area contributed by atoms with Gasteiger partial charge >= 0.3 is 0 Å². The molecule has 1 aliphatic carbocycles. The number of hydrogen-bond donors (Lipinski definition) is 2. The summed E-state index contributed by atoms with van der Waals surface area (Å²) >= 11 is 1.24. The highest BCUT2D eigenvalue weighted by atomic mass is 32.2. The summed E-state index contributed by atoms with van der Waals surface area (Å²) in [5, 5.41) is 9.80. The zero-order valence-electron chi connectivity index (χ0n) is 15.6. The summed E-state index contributed by atoms with van der Waals surface area (Å²) in [5.41, 5.74) is 1.17. The first-order valence-electron chi connectivity index (χ1n) is 9.57. The second-order valence-corrected chi connectivity index (χ2v) is 8.34. The first-order chi connectivity index (χ1) is 13.0. The third-order valence-corrected chi connectivity index (χ3v) is 6.06. The largest absolute Gasteiger partial charge is 0.508 e. The fourth-order valence-electron chi connectivity index (χ4n) is 3.68. The van der Waals surface area contributed by atoms with Crippen molar-refractivity contribution in [3.63, 3.8) is 0 Å². The number of phenolic OH excluding ortho intramolecular Hbond substituents is 1. The molecule has 1 aliphatic rings. The van der Waals surface area contributed by atoms with Crippen LogP contribution in [0.15, 0.2) is 40.3 Å². The molecule has 0 saturated heterocycles. The van der Waals surface area contributed by atoms with Gasteiger partial charge in [0.15, 0.2) is 10.9 Å². The number of benzene rings is 1. The van der Waals surface area contributed by atoms with E-state index >= 15 is 0 Å². The minimum atomic E-state index is -0.171. The summed E-state index contributed by atoms with van der Waals surface area (Å²) in [6.07, 6.45) is 7.56. The third-order valence-electron chi connectivity index (χ3n) is 5.19. The number of aromatic amines is 1. The number of aromatic hydroxyl groups is 1. The van der Waals surface area contributed by atoms with Crippen LogP contribution in [-0.4, -0.2) is 26.6 Å². The topological polar surface area (TPSA) is 83.0 Å². The zero-order chi connectivity index (χ0) is 19.2. The van der Waals surface area contributed by atoms with Gasteiger partial charge in [-0.1, -0.05) is 50.8 Å². The van der Waals surface area contributed by atoms with Crippen molar-refractivity contribution < 1.29 is 9.90 Å². The average molecular weight is 387 g/mol. The van der Waals surface area contributed by atoms with Crippen LogP contribution in [0.3, 0.4) is 0 Å². The fourth-order valence-corrected chi connectivity index (χ4v) is 4.46. The van der Waals surface area contributed by atoms with E-state index in [1.54, 1.807) is 18.2 Å². The quantitative estimate of drug-likeness (QED) is 0.415. The molecule has 1 aromatic carbocycles. The molecule has 1 saturated carbocycles. The average Bonchev–Trinajstić information content (AvgIpc) is 2.67. The molecule has 0 spiro atoms. The van der Waals surface area contributed by atoms with Gasteiger partial charge in [-0.05, 0) is 42.5 Å². The predicted octanol–water partition coefficient (Wildman–Crippen LogP) is 4.52. The van der Waals surface area contributed by atoms with Gasteiger partial charge in [0.2, 0.25) is 0 Å². The summed E-state index contributed by atoms with van der Waals surface area (Å²) in [6, 6.07) is 7.75. The molecule has 5 nitrogen and oxygen atoms in total. The van der Waals surface area contributed by atoms with E-state index in [-0.39, 0.29) is 28.8 Å². The van der Waals surface area contributed by atoms with Crippen molar-refractivity contribution in [3.05, 3.63) is 51.9 Å². The van der Waals surface area contributed by atoms with Gasteiger partial charge in [0.25, 0.3) is 5.56 Å². The monoisotopic (exact) mass is 386 g/mol. The Morgan fingerprint density at radius 3 is 2.67 bits per heavy atom. The number of aromatic nitrogens is 2. The smallest absolute Gasteiger partial charge is 0.251 e. The molecule has 1 aromatic heterocycles. The Bertz CT molecular complexity index is 826. The highest BCUT2D eigenvalue weighted by Crippen LogP contribution is 2.32. The highest BCUT2D eigenvalue weighted by Gasteiger charge is 2.19. The number of carbonyl (C=O) groups excluding carboxylic acids is 1. The number of hydrogen-bond acceptors (Lipinski definition) is 5. The van der Waals surface area contributed by atoms with E-state index in [1.807, 2.05) is 0 Å². The van der Waals surface area contributed by atoms with Gasteiger partial charge in [-0.15, -0.1) is 0 Å². The third kappa shape index (κ3) is 5.70. The van der Waals surface area contributed by atoms with Crippen LogP contribution in [0.4, 0.5) is 0 Å². The van der Waals surface area contributed by atoms with E-state index in [4.69, 9.17) is 0 Å². The van der Waals surface area contributed by atoms with Gasteiger partial charge in [0, 0.05) is 11.6 Å². The second kappa shape index (κ2) is 9.22. The molecule has 2 N–H and O–H groups in total. The highest BCUT2D eigenvalue weighted by molar-refractivity contribution is 7.99. The maximum Gasteiger partial charge on any atom is 0.251 e. The van der Waals surface area contributed by atoms with Gasteiger partial charge in [-0.2, -0.15) is 0 Å². The van der Waals surface area contributed by atoms with E-state index in [1.165, 1.54) is 56.0 Å². The van der Waals surface area contributed by atoms with E-state index in [0.717, 1.165) is 18.0 Å². The molecule has 1 heterocycles. The number of carbonyl (C=O) groups is 1. The van der Waals surface area contributed by atoms with Crippen molar-refractivity contribution >= 4 is 17.5 Å². The lowest BCUT2D eigenvalue weighted by atomic mass is 9.82. The Morgan fingerprint density at radius 1 is 1.26 bits per heavy atom. The summed E-state index contributed by atoms with van der Waals surface area (Å²) in [5.74, 6) is 1.21. The number of phenols is 1. The summed E-state index contributed by atoms with van der Waals surface area (Å²) in [7, 11) is 0. The van der Waals surface area contributed by atoms with Crippen molar-refractivity contribution in [2.24, 2.45) is 5.92 Å². The SMILES string of the molecule is CC(CC1CCCCC1)c1cc(=O)[nH]c(SCC(=O)c2ccc(O)cc2)n1. The second-order valence-electron chi connectivity index (χ2n) is 7.37. The molecule has 144 valence electrons. The van der Waals surface area contributed by atoms with Crippen molar-refractivity contribution in [1.82, 2.24) is 9.97 Å². The Morgan fingerprint density at radius 2 is 1.96 bits per heavy atom. The number of nitrogens with one attached hydrogen (secondary N) is 1. The van der Waals surface area contributed by atoms with Crippen LogP contribution < -0.4 is 5.56 Å². The van der Waals surface area contributed by atoms with Crippen LogP contribution in [0, 0.1) is 5.92 Å². The molecule has 3 rings (SSSR count). The Labute approximate surface area is 163 Å². The Hall–Kier alpha value is -2.08. The first kappa shape index (κ1) is 19.7. The molecule has 1 unspecified atom stereocenters. The molecular weight excluding hydrogens is 360 g/mol. The summed E-state index contributed by atoms with van der Waals surface area (Å²) in [4.78, 5) is 31.6. The maximum absolute atomic E-state index is 12.3. The van der Waals surface area contributed by atoms with Crippen molar-refractivity contribution in [2.45, 2.75) is 56.5 Å². The minimum Gasteiger partial charge on any atom is -0.508 e. The van der Waals surface area contributed by atoms with Gasteiger partial charge in [0.05, 0.1) is 11.4 Å². The molecule has 6 heteroatoms. The molecule has 0 radical (unpaired) electrons. The van der Waals surface area contributed by atoms with Crippen LogP contribution in [0.2, 0.25) is 0 Å².